The van der Waals surface area contributed by atoms with Crippen LogP contribution >= 0.6 is 0 Å². The Bertz CT molecular complexity index is 704. The molecule has 3 rings (SSSR count). The van der Waals surface area contributed by atoms with Crippen LogP contribution in [-0.2, 0) is 11.2 Å². The van der Waals surface area contributed by atoms with Crippen LogP contribution in [0, 0.1) is 5.92 Å². The van der Waals surface area contributed by atoms with E-state index in [0.717, 1.165) is 36.9 Å². The van der Waals surface area contributed by atoms with Crippen LogP contribution in [0.5, 0.6) is 0 Å². The fraction of sp³-hybridized carbons (Fsp3) is 0.632. The smallest absolute Gasteiger partial charge is 0.261 e. The van der Waals surface area contributed by atoms with Gasteiger partial charge in [0, 0.05) is 12.1 Å². The van der Waals surface area contributed by atoms with Crippen molar-refractivity contribution in [3.05, 3.63) is 33.2 Å². The Labute approximate surface area is 147 Å². The van der Waals surface area contributed by atoms with E-state index in [2.05, 4.69) is 10.3 Å². The topological polar surface area (TPSA) is 105 Å². The zero-order valence-corrected chi connectivity index (χ0v) is 14.6. The summed E-state index contributed by atoms with van der Waals surface area (Å²) < 4.78 is 0. The summed E-state index contributed by atoms with van der Waals surface area (Å²) >= 11 is 0. The van der Waals surface area contributed by atoms with E-state index in [9.17, 15) is 14.4 Å². The number of aromatic nitrogens is 1. The molecule has 0 aliphatic heterocycles. The molecule has 1 atom stereocenters. The predicted octanol–water partition coefficient (Wildman–Crippen LogP) is 2.33. The second-order valence-electron chi connectivity index (χ2n) is 7.37. The Morgan fingerprint density at radius 3 is 2.64 bits per heavy atom. The van der Waals surface area contributed by atoms with Crippen molar-refractivity contribution in [1.82, 2.24) is 10.3 Å². The maximum absolute atomic E-state index is 12.4. The number of H-pyrrole nitrogens is 1. The molecular weight excluding hydrogens is 318 g/mol. The van der Waals surface area contributed by atoms with Crippen LogP contribution in [0.1, 0.15) is 85.4 Å². The van der Waals surface area contributed by atoms with Crippen molar-refractivity contribution in [2.75, 3.05) is 0 Å². The van der Waals surface area contributed by atoms with E-state index >= 15 is 0 Å². The number of hydrogen-bond donors (Lipinski definition) is 3. The average Bonchev–Trinajstić information content (AvgIpc) is 2.60. The Hall–Kier alpha value is -2.11. The number of fused-ring (bicyclic) bond motifs is 1. The molecule has 1 aromatic rings. The highest BCUT2D eigenvalue weighted by Crippen LogP contribution is 2.30. The van der Waals surface area contributed by atoms with E-state index in [1.807, 2.05) is 0 Å². The molecule has 6 nitrogen and oxygen atoms in total. The second-order valence-corrected chi connectivity index (χ2v) is 7.37. The van der Waals surface area contributed by atoms with E-state index in [1.54, 1.807) is 6.07 Å². The molecule has 0 bridgehead atoms. The molecule has 1 saturated carbocycles. The fourth-order valence-electron chi connectivity index (χ4n) is 4.15. The van der Waals surface area contributed by atoms with Crippen molar-refractivity contribution in [3.63, 3.8) is 0 Å². The third-order valence-corrected chi connectivity index (χ3v) is 5.56. The third-order valence-electron chi connectivity index (χ3n) is 5.56. The summed E-state index contributed by atoms with van der Waals surface area (Å²) in [6.07, 6.45) is 10.3. The maximum atomic E-state index is 12.4. The quantitative estimate of drug-likeness (QED) is 0.762. The summed E-state index contributed by atoms with van der Waals surface area (Å²) in [7, 11) is 0. The van der Waals surface area contributed by atoms with E-state index in [-0.39, 0.29) is 17.5 Å². The van der Waals surface area contributed by atoms with E-state index in [1.165, 1.54) is 32.1 Å². The molecule has 1 unspecified atom stereocenters. The number of pyridine rings is 1. The lowest BCUT2D eigenvalue weighted by molar-refractivity contribution is -0.122. The van der Waals surface area contributed by atoms with Crippen LogP contribution in [-0.4, -0.2) is 16.8 Å². The summed E-state index contributed by atoms with van der Waals surface area (Å²) in [4.78, 5) is 38.5. The largest absolute Gasteiger partial charge is 0.365 e. The number of nitrogens with one attached hydrogen (secondary N) is 2. The minimum absolute atomic E-state index is 0.0397. The van der Waals surface area contributed by atoms with Gasteiger partial charge in [-0.3, -0.25) is 14.4 Å². The summed E-state index contributed by atoms with van der Waals surface area (Å²) in [5, 5.41) is 3.09. The number of carbonyl (C=O) groups is 2. The Morgan fingerprint density at radius 2 is 1.92 bits per heavy atom. The number of aryl methyl sites for hydroxylation is 1. The van der Waals surface area contributed by atoms with Gasteiger partial charge in [0.05, 0.1) is 6.04 Å². The highest BCUT2D eigenvalue weighted by molar-refractivity contribution is 5.92. The first-order chi connectivity index (χ1) is 12.0. The second kappa shape index (κ2) is 7.85. The van der Waals surface area contributed by atoms with Gasteiger partial charge in [-0.1, -0.05) is 32.1 Å². The van der Waals surface area contributed by atoms with Gasteiger partial charge in [-0.15, -0.1) is 0 Å². The van der Waals surface area contributed by atoms with Crippen LogP contribution in [0.2, 0.25) is 0 Å². The molecule has 1 fully saturated rings. The molecule has 1 aromatic heterocycles. The minimum atomic E-state index is -0.739. The third kappa shape index (κ3) is 4.30. The Morgan fingerprint density at radius 1 is 1.16 bits per heavy atom. The van der Waals surface area contributed by atoms with Gasteiger partial charge >= 0.3 is 0 Å². The lowest BCUT2D eigenvalue weighted by atomic mass is 9.86. The molecule has 0 saturated heterocycles. The number of hydrogen-bond acceptors (Lipinski definition) is 3. The summed E-state index contributed by atoms with van der Waals surface area (Å²) in [5.41, 5.74) is 6.42. The monoisotopic (exact) mass is 345 g/mol. The number of rotatable bonds is 5. The lowest BCUT2D eigenvalue weighted by Gasteiger charge is -2.27. The first-order valence-electron chi connectivity index (χ1n) is 9.40. The van der Waals surface area contributed by atoms with Crippen molar-refractivity contribution in [3.8, 4) is 0 Å². The Kier molecular flexibility index (Phi) is 5.56. The van der Waals surface area contributed by atoms with Gasteiger partial charge in [0.15, 0.2) is 0 Å². The molecular formula is C19H27N3O3. The first kappa shape index (κ1) is 17.7. The predicted molar refractivity (Wildman–Crippen MR) is 95.2 cm³/mol. The van der Waals surface area contributed by atoms with Crippen LogP contribution in [0.25, 0.3) is 0 Å². The van der Waals surface area contributed by atoms with Crippen LogP contribution in [0.3, 0.4) is 0 Å². The average molecular weight is 345 g/mol. The van der Waals surface area contributed by atoms with E-state index < -0.39 is 11.5 Å². The number of aromatic amines is 1. The number of carbonyl (C=O) groups excluding carboxylic acids is 2. The van der Waals surface area contributed by atoms with Gasteiger partial charge in [0.2, 0.25) is 5.91 Å². The summed E-state index contributed by atoms with van der Waals surface area (Å²) in [6, 6.07) is 1.40. The Balaban J connectivity index is 1.65. The number of nitrogens with two attached hydrogens (primary N) is 1. The van der Waals surface area contributed by atoms with Gasteiger partial charge in [0.1, 0.15) is 5.56 Å². The zero-order valence-electron chi connectivity index (χ0n) is 14.6. The van der Waals surface area contributed by atoms with Crippen LogP contribution in [0.4, 0.5) is 0 Å². The van der Waals surface area contributed by atoms with Gasteiger partial charge in [0.25, 0.3) is 11.5 Å². The molecule has 136 valence electrons. The highest BCUT2D eigenvalue weighted by Gasteiger charge is 2.25. The summed E-state index contributed by atoms with van der Waals surface area (Å²) in [6.45, 7) is 0. The van der Waals surface area contributed by atoms with Crippen LogP contribution in [0.15, 0.2) is 10.9 Å². The molecule has 6 heteroatoms. The highest BCUT2D eigenvalue weighted by atomic mass is 16.2. The SMILES string of the molecule is NC(=O)c1cc2c([nH]c1=O)CCCC2NC(=O)CCC1CCCCC1. The van der Waals surface area contributed by atoms with Crippen molar-refractivity contribution in [2.45, 2.75) is 70.3 Å². The van der Waals surface area contributed by atoms with Crippen molar-refractivity contribution >= 4 is 11.8 Å². The molecule has 0 aromatic carbocycles. The maximum Gasteiger partial charge on any atom is 0.261 e. The van der Waals surface area contributed by atoms with Gasteiger partial charge in [-0.05, 0) is 43.2 Å². The fourth-order valence-corrected chi connectivity index (χ4v) is 4.15. The molecule has 1 heterocycles. The molecule has 0 radical (unpaired) electrons. The van der Waals surface area contributed by atoms with Gasteiger partial charge in [-0.2, -0.15) is 0 Å². The van der Waals surface area contributed by atoms with Crippen molar-refractivity contribution in [2.24, 2.45) is 11.7 Å². The molecule has 2 aliphatic carbocycles. The normalized spacial score (nSPS) is 20.7. The van der Waals surface area contributed by atoms with Gasteiger partial charge in [-0.25, -0.2) is 0 Å². The van der Waals surface area contributed by atoms with E-state index in [0.29, 0.717) is 12.3 Å². The number of amides is 2. The van der Waals surface area contributed by atoms with Gasteiger partial charge < -0.3 is 16.0 Å². The molecule has 0 spiro atoms. The van der Waals surface area contributed by atoms with Crippen molar-refractivity contribution < 1.29 is 9.59 Å². The summed E-state index contributed by atoms with van der Waals surface area (Å²) in [5.74, 6) is -0.0109. The minimum Gasteiger partial charge on any atom is -0.365 e. The molecule has 2 amide bonds. The number of primary amides is 1. The standard InChI is InChI=1S/C19H27N3O3/c20-18(24)14-11-13-15(7-4-8-16(13)22-19(14)25)21-17(23)10-9-12-5-2-1-3-6-12/h11-12,15H,1-10H2,(H2,20,24)(H,21,23)(H,22,25). The van der Waals surface area contributed by atoms with Crippen molar-refractivity contribution in [1.29, 1.82) is 0 Å². The molecule has 4 N–H and O–H groups in total. The first-order valence-corrected chi connectivity index (χ1v) is 9.40. The lowest BCUT2D eigenvalue weighted by Crippen LogP contribution is -2.34. The van der Waals surface area contributed by atoms with Crippen LogP contribution < -0.4 is 16.6 Å². The molecule has 25 heavy (non-hydrogen) atoms. The zero-order chi connectivity index (χ0) is 17.8. The molecule has 2 aliphatic rings. The van der Waals surface area contributed by atoms with E-state index in [4.69, 9.17) is 5.73 Å².